The summed E-state index contributed by atoms with van der Waals surface area (Å²) in [6.07, 6.45) is 0. The third-order valence-corrected chi connectivity index (χ3v) is 10.1. The van der Waals surface area contributed by atoms with Crippen LogP contribution in [0.25, 0.3) is 78.6 Å². The van der Waals surface area contributed by atoms with Crippen LogP contribution < -0.4 is 0 Å². The van der Waals surface area contributed by atoms with E-state index in [2.05, 4.69) is 120 Å². The second-order valence-corrected chi connectivity index (χ2v) is 11.8. The van der Waals surface area contributed by atoms with E-state index >= 15 is 0 Å². The molecule has 9 rings (SSSR count). The zero-order chi connectivity index (χ0) is 24.1. The number of thiophene rings is 2. The Labute approximate surface area is 220 Å². The number of rotatable bonds is 1. The van der Waals surface area contributed by atoms with E-state index in [4.69, 9.17) is 0 Å². The highest BCUT2D eigenvalue weighted by Gasteiger charge is 2.21. The first-order valence-corrected chi connectivity index (χ1v) is 14.2. The zero-order valence-corrected chi connectivity index (χ0v) is 21.4. The minimum atomic E-state index is 1.22. The number of para-hydroxylation sites is 1. The third-order valence-electron chi connectivity index (χ3n) is 7.77. The Balaban J connectivity index is 1.52. The van der Waals surface area contributed by atoms with Crippen molar-refractivity contribution in [2.75, 3.05) is 0 Å². The summed E-state index contributed by atoms with van der Waals surface area (Å²) < 4.78 is 7.90. The fourth-order valence-corrected chi connectivity index (χ4v) is 8.66. The lowest BCUT2D eigenvalue weighted by Crippen LogP contribution is -1.94. The van der Waals surface area contributed by atoms with Gasteiger partial charge in [0.25, 0.3) is 0 Å². The van der Waals surface area contributed by atoms with Gasteiger partial charge in [-0.2, -0.15) is 0 Å². The Morgan fingerprint density at radius 2 is 1.05 bits per heavy atom. The molecule has 1 nitrogen and oxygen atoms in total. The fourth-order valence-electron chi connectivity index (χ4n) is 6.24. The molecule has 0 spiro atoms. The Morgan fingerprint density at radius 1 is 0.432 bits per heavy atom. The molecule has 3 heteroatoms. The predicted molar refractivity (Wildman–Crippen MR) is 164 cm³/mol. The summed E-state index contributed by atoms with van der Waals surface area (Å²) in [6, 6.07) is 42.5. The second-order valence-electron chi connectivity index (χ2n) is 9.70. The number of nitrogens with zero attached hydrogens (tertiary/aromatic N) is 1. The molecule has 0 fully saturated rings. The largest absolute Gasteiger partial charge is 0.309 e. The Morgan fingerprint density at radius 3 is 1.89 bits per heavy atom. The molecule has 0 radical (unpaired) electrons. The van der Waals surface area contributed by atoms with Crippen LogP contribution in [0, 0.1) is 0 Å². The van der Waals surface area contributed by atoms with Crippen LogP contribution in [-0.2, 0) is 0 Å². The molecule has 0 amide bonds. The molecule has 172 valence electrons. The van der Waals surface area contributed by atoms with Crippen LogP contribution in [0.5, 0.6) is 0 Å². The van der Waals surface area contributed by atoms with Crippen molar-refractivity contribution >= 4 is 95.6 Å². The monoisotopic (exact) mass is 505 g/mol. The van der Waals surface area contributed by atoms with Crippen molar-refractivity contribution < 1.29 is 0 Å². The van der Waals surface area contributed by atoms with E-state index in [1.807, 2.05) is 22.7 Å². The van der Waals surface area contributed by atoms with Crippen molar-refractivity contribution in [2.45, 2.75) is 0 Å². The highest BCUT2D eigenvalue weighted by molar-refractivity contribution is 7.27. The minimum Gasteiger partial charge on any atom is -0.309 e. The molecule has 0 bridgehead atoms. The van der Waals surface area contributed by atoms with E-state index in [1.165, 1.54) is 78.6 Å². The van der Waals surface area contributed by atoms with Crippen LogP contribution >= 0.6 is 22.7 Å². The van der Waals surface area contributed by atoms with E-state index in [1.54, 1.807) is 0 Å². The first-order chi connectivity index (χ1) is 18.4. The molecule has 0 aliphatic heterocycles. The zero-order valence-electron chi connectivity index (χ0n) is 19.7. The highest BCUT2D eigenvalue weighted by atomic mass is 32.1. The first kappa shape index (κ1) is 19.9. The molecular weight excluding hydrogens is 487 g/mol. The SMILES string of the molecule is c1ccc2c(c1)sc1cc(-n3c4ccccc4c4c5sc6ccccc6c5c5ccccc5c43)ccc12. The fraction of sp³-hybridized carbons (Fsp3) is 0. The number of aromatic nitrogens is 1. The topological polar surface area (TPSA) is 4.93 Å². The molecular formula is C34H19NS2. The van der Waals surface area contributed by atoms with Crippen LogP contribution in [0.4, 0.5) is 0 Å². The summed E-state index contributed by atoms with van der Waals surface area (Å²) >= 11 is 3.81. The summed E-state index contributed by atoms with van der Waals surface area (Å²) in [5, 5.41) is 10.7. The molecule has 3 heterocycles. The first-order valence-electron chi connectivity index (χ1n) is 12.5. The predicted octanol–water partition coefficient (Wildman–Crippen LogP) is 10.7. The summed E-state index contributed by atoms with van der Waals surface area (Å²) in [5.41, 5.74) is 3.78. The molecule has 0 N–H and O–H groups in total. The number of fused-ring (bicyclic) bond motifs is 13. The lowest BCUT2D eigenvalue weighted by Gasteiger charge is -2.11. The molecule has 0 saturated carbocycles. The maximum Gasteiger partial charge on any atom is 0.0634 e. The van der Waals surface area contributed by atoms with Gasteiger partial charge in [-0.05, 0) is 35.7 Å². The molecule has 0 atom stereocenters. The van der Waals surface area contributed by atoms with E-state index in [-0.39, 0.29) is 0 Å². The second kappa shape index (κ2) is 7.19. The Kier molecular flexibility index (Phi) is 3.88. The van der Waals surface area contributed by atoms with Crippen LogP contribution in [0.3, 0.4) is 0 Å². The molecule has 0 unspecified atom stereocenters. The smallest absolute Gasteiger partial charge is 0.0634 e. The van der Waals surface area contributed by atoms with Gasteiger partial charge in [0, 0.05) is 62.2 Å². The van der Waals surface area contributed by atoms with Crippen molar-refractivity contribution in [1.82, 2.24) is 4.57 Å². The van der Waals surface area contributed by atoms with Crippen molar-refractivity contribution in [3.05, 3.63) is 115 Å². The summed E-state index contributed by atoms with van der Waals surface area (Å²) in [6.45, 7) is 0. The van der Waals surface area contributed by atoms with Gasteiger partial charge in [-0.1, -0.05) is 84.9 Å². The van der Waals surface area contributed by atoms with Crippen LogP contribution in [0.2, 0.25) is 0 Å². The van der Waals surface area contributed by atoms with Gasteiger partial charge in [0.05, 0.1) is 11.0 Å². The number of benzene rings is 6. The van der Waals surface area contributed by atoms with Gasteiger partial charge in [0.15, 0.2) is 0 Å². The van der Waals surface area contributed by atoms with Gasteiger partial charge < -0.3 is 4.57 Å². The number of hydrogen-bond acceptors (Lipinski definition) is 2. The molecule has 0 saturated heterocycles. The van der Waals surface area contributed by atoms with Crippen LogP contribution in [0.1, 0.15) is 0 Å². The van der Waals surface area contributed by atoms with Crippen LogP contribution in [0.15, 0.2) is 115 Å². The van der Waals surface area contributed by atoms with E-state index in [9.17, 15) is 0 Å². The summed E-state index contributed by atoms with van der Waals surface area (Å²) in [7, 11) is 0. The van der Waals surface area contributed by atoms with Gasteiger partial charge in [0.2, 0.25) is 0 Å². The van der Waals surface area contributed by atoms with E-state index in [0.29, 0.717) is 0 Å². The molecule has 3 aromatic heterocycles. The lowest BCUT2D eigenvalue weighted by molar-refractivity contribution is 1.19. The average Bonchev–Trinajstić information content (AvgIpc) is 3.62. The normalized spacial score (nSPS) is 12.3. The molecule has 37 heavy (non-hydrogen) atoms. The van der Waals surface area contributed by atoms with Crippen molar-refractivity contribution in [3.63, 3.8) is 0 Å². The maximum atomic E-state index is 2.50. The lowest BCUT2D eigenvalue weighted by atomic mass is 10.00. The Bertz CT molecular complexity index is 2360. The number of hydrogen-bond donors (Lipinski definition) is 0. The van der Waals surface area contributed by atoms with Gasteiger partial charge in [-0.3, -0.25) is 0 Å². The van der Waals surface area contributed by atoms with Crippen molar-refractivity contribution in [2.24, 2.45) is 0 Å². The quantitative estimate of drug-likeness (QED) is 0.209. The average molecular weight is 506 g/mol. The molecule has 6 aromatic carbocycles. The molecule has 0 aliphatic rings. The summed E-state index contributed by atoms with van der Waals surface area (Å²) in [5.74, 6) is 0. The van der Waals surface area contributed by atoms with Gasteiger partial charge in [0.1, 0.15) is 0 Å². The van der Waals surface area contributed by atoms with Gasteiger partial charge in [-0.25, -0.2) is 0 Å². The van der Waals surface area contributed by atoms with E-state index in [0.717, 1.165) is 0 Å². The van der Waals surface area contributed by atoms with Gasteiger partial charge in [-0.15, -0.1) is 22.7 Å². The summed E-state index contributed by atoms with van der Waals surface area (Å²) in [4.78, 5) is 0. The minimum absolute atomic E-state index is 1.22. The highest BCUT2D eigenvalue weighted by Crippen LogP contribution is 2.48. The van der Waals surface area contributed by atoms with Crippen molar-refractivity contribution in [3.8, 4) is 5.69 Å². The Hall–Kier alpha value is -4.18. The molecule has 0 aliphatic carbocycles. The van der Waals surface area contributed by atoms with E-state index < -0.39 is 0 Å². The van der Waals surface area contributed by atoms with Crippen molar-refractivity contribution in [1.29, 1.82) is 0 Å². The third kappa shape index (κ3) is 2.58. The standard InChI is InChI=1S/C34H19NS2/c1-2-11-24-23(10-1)31-26-13-5-8-16-29(26)37-34(31)32-25-12-3-6-14-27(25)35(33(24)32)20-17-18-22-21-9-4-7-15-28(21)36-30(22)19-20/h1-19H. The molecule has 9 aromatic rings. The van der Waals surface area contributed by atoms with Crippen LogP contribution in [-0.4, -0.2) is 4.57 Å². The maximum absolute atomic E-state index is 2.50. The van der Waals surface area contributed by atoms with Gasteiger partial charge >= 0.3 is 0 Å².